The van der Waals surface area contributed by atoms with Crippen LogP contribution in [0, 0.1) is 11.8 Å². The third kappa shape index (κ3) is 2.07. The number of azide groups is 1. The molecule has 0 aliphatic carbocycles. The summed E-state index contributed by atoms with van der Waals surface area (Å²) >= 11 is 0. The lowest BCUT2D eigenvalue weighted by atomic mass is 9.88. The van der Waals surface area contributed by atoms with E-state index in [-0.39, 0.29) is 36.7 Å². The van der Waals surface area contributed by atoms with Crippen LogP contribution in [-0.2, 0) is 14.4 Å². The summed E-state index contributed by atoms with van der Waals surface area (Å²) in [5.41, 5.74) is 8.12. The molecule has 8 heteroatoms. The van der Waals surface area contributed by atoms with Crippen LogP contribution < -0.4 is 5.32 Å². The van der Waals surface area contributed by atoms with Crippen LogP contribution in [0.3, 0.4) is 0 Å². The van der Waals surface area contributed by atoms with Crippen molar-refractivity contribution in [1.82, 2.24) is 10.2 Å². The molecule has 0 aromatic heterocycles. The van der Waals surface area contributed by atoms with Gasteiger partial charge in [0.1, 0.15) is 6.54 Å². The molecular formula is C9H11N5O3. The summed E-state index contributed by atoms with van der Waals surface area (Å²) in [5, 5.41) is 5.45. The largest absolute Gasteiger partial charge is 0.342 e. The SMILES string of the molecule is [N-]=[N+]=NCC(=O)N1CC[C@H]2C(=O)NC(=O)[C@H]2C1. The van der Waals surface area contributed by atoms with Crippen LogP contribution >= 0.6 is 0 Å². The van der Waals surface area contributed by atoms with E-state index in [4.69, 9.17) is 5.53 Å². The van der Waals surface area contributed by atoms with Crippen molar-refractivity contribution in [1.29, 1.82) is 0 Å². The maximum absolute atomic E-state index is 11.6. The minimum atomic E-state index is -0.453. The molecule has 2 rings (SSSR count). The zero-order chi connectivity index (χ0) is 12.4. The zero-order valence-corrected chi connectivity index (χ0v) is 9.00. The standard InChI is InChI=1S/C9H11N5O3/c10-13-11-3-7(15)14-2-1-5-6(4-14)9(17)12-8(5)16/h5-6H,1-4H2,(H,12,16,17)/t5-,6+/m1/s1. The maximum atomic E-state index is 11.6. The van der Waals surface area contributed by atoms with Gasteiger partial charge < -0.3 is 4.90 Å². The molecule has 0 aromatic rings. The Labute approximate surface area is 96.6 Å². The van der Waals surface area contributed by atoms with E-state index in [9.17, 15) is 14.4 Å². The fraction of sp³-hybridized carbons (Fsp3) is 0.667. The Morgan fingerprint density at radius 1 is 1.47 bits per heavy atom. The number of likely N-dealkylation sites (tertiary alicyclic amines) is 1. The van der Waals surface area contributed by atoms with E-state index in [0.29, 0.717) is 13.0 Å². The average molecular weight is 237 g/mol. The van der Waals surface area contributed by atoms with E-state index >= 15 is 0 Å². The van der Waals surface area contributed by atoms with Crippen molar-refractivity contribution < 1.29 is 14.4 Å². The first kappa shape index (κ1) is 11.4. The highest BCUT2D eigenvalue weighted by atomic mass is 16.2. The number of hydrogen-bond acceptors (Lipinski definition) is 4. The topological polar surface area (TPSA) is 115 Å². The molecule has 0 bridgehead atoms. The predicted octanol–water partition coefficient (Wildman–Crippen LogP) is -0.582. The van der Waals surface area contributed by atoms with Gasteiger partial charge in [-0.3, -0.25) is 19.7 Å². The van der Waals surface area contributed by atoms with Crippen molar-refractivity contribution in [3.05, 3.63) is 10.4 Å². The number of rotatable bonds is 2. The van der Waals surface area contributed by atoms with Crippen molar-refractivity contribution in [3.63, 3.8) is 0 Å². The van der Waals surface area contributed by atoms with Gasteiger partial charge in [0, 0.05) is 18.0 Å². The number of hydrogen-bond donors (Lipinski definition) is 1. The first-order valence-electron chi connectivity index (χ1n) is 5.27. The number of nitrogens with one attached hydrogen (secondary N) is 1. The van der Waals surface area contributed by atoms with E-state index < -0.39 is 5.92 Å². The molecule has 2 aliphatic heterocycles. The predicted molar refractivity (Wildman–Crippen MR) is 55.3 cm³/mol. The van der Waals surface area contributed by atoms with Crippen molar-refractivity contribution in [2.45, 2.75) is 6.42 Å². The molecule has 17 heavy (non-hydrogen) atoms. The van der Waals surface area contributed by atoms with Gasteiger partial charge in [-0.25, -0.2) is 0 Å². The van der Waals surface area contributed by atoms with Crippen molar-refractivity contribution >= 4 is 17.7 Å². The Balaban J connectivity index is 2.02. The summed E-state index contributed by atoms with van der Waals surface area (Å²) in [7, 11) is 0. The summed E-state index contributed by atoms with van der Waals surface area (Å²) in [6.45, 7) is 0.396. The van der Waals surface area contributed by atoms with Crippen LogP contribution in [-0.4, -0.2) is 42.3 Å². The first-order valence-corrected chi connectivity index (χ1v) is 5.27. The van der Waals surface area contributed by atoms with Gasteiger partial charge in [0.15, 0.2) is 0 Å². The Hall–Kier alpha value is -2.08. The molecule has 3 amide bonds. The summed E-state index contributed by atoms with van der Waals surface area (Å²) < 4.78 is 0. The monoisotopic (exact) mass is 237 g/mol. The molecule has 8 nitrogen and oxygen atoms in total. The summed E-state index contributed by atoms with van der Waals surface area (Å²) in [5.74, 6) is -1.64. The Bertz CT molecular complexity index is 428. The second-order valence-electron chi connectivity index (χ2n) is 4.08. The molecule has 0 unspecified atom stereocenters. The highest BCUT2D eigenvalue weighted by Crippen LogP contribution is 2.28. The van der Waals surface area contributed by atoms with Gasteiger partial charge in [-0.1, -0.05) is 5.11 Å². The lowest BCUT2D eigenvalue weighted by Gasteiger charge is -2.32. The third-order valence-electron chi connectivity index (χ3n) is 3.15. The minimum absolute atomic E-state index is 0.224. The van der Waals surface area contributed by atoms with Crippen LogP contribution in [0.1, 0.15) is 6.42 Å². The quantitative estimate of drug-likeness (QED) is 0.299. The second kappa shape index (κ2) is 4.42. The van der Waals surface area contributed by atoms with Crippen LogP contribution in [0.15, 0.2) is 5.11 Å². The van der Waals surface area contributed by atoms with Crippen molar-refractivity contribution in [2.75, 3.05) is 19.6 Å². The molecule has 2 aliphatic rings. The van der Waals surface area contributed by atoms with E-state index in [1.807, 2.05) is 0 Å². The van der Waals surface area contributed by atoms with Gasteiger partial charge in [0.2, 0.25) is 17.7 Å². The Kier molecular flexibility index (Phi) is 2.97. The molecule has 0 saturated carbocycles. The molecule has 0 radical (unpaired) electrons. The van der Waals surface area contributed by atoms with Crippen LogP contribution in [0.4, 0.5) is 0 Å². The van der Waals surface area contributed by atoms with Gasteiger partial charge in [0.25, 0.3) is 0 Å². The van der Waals surface area contributed by atoms with Gasteiger partial charge in [-0.15, -0.1) is 0 Å². The van der Waals surface area contributed by atoms with Crippen molar-refractivity contribution in [2.24, 2.45) is 17.0 Å². The summed E-state index contributed by atoms with van der Waals surface area (Å²) in [4.78, 5) is 38.4. The average Bonchev–Trinajstić information content (AvgIpc) is 2.61. The molecule has 1 N–H and O–H groups in total. The molecule has 0 aromatic carbocycles. The molecule has 2 fully saturated rings. The van der Waals surface area contributed by atoms with Gasteiger partial charge in [-0.2, -0.15) is 0 Å². The number of nitrogens with zero attached hydrogens (tertiary/aromatic N) is 4. The molecule has 2 heterocycles. The van der Waals surface area contributed by atoms with Gasteiger partial charge in [0.05, 0.1) is 11.8 Å². The normalized spacial score (nSPS) is 27.2. The fourth-order valence-electron chi connectivity index (χ4n) is 2.26. The number of carbonyl (C=O) groups is 3. The van der Waals surface area contributed by atoms with Gasteiger partial charge in [-0.05, 0) is 12.0 Å². The number of piperidine rings is 1. The summed E-state index contributed by atoms with van der Waals surface area (Å²) in [6, 6.07) is 0. The minimum Gasteiger partial charge on any atom is -0.342 e. The summed E-state index contributed by atoms with van der Waals surface area (Å²) in [6.07, 6.45) is 0.476. The maximum Gasteiger partial charge on any atom is 0.232 e. The third-order valence-corrected chi connectivity index (χ3v) is 3.15. The highest BCUT2D eigenvalue weighted by molar-refractivity contribution is 6.05. The number of amides is 3. The molecular weight excluding hydrogens is 226 g/mol. The van der Waals surface area contributed by atoms with E-state index in [2.05, 4.69) is 15.3 Å². The fourth-order valence-corrected chi connectivity index (χ4v) is 2.26. The molecule has 2 saturated heterocycles. The number of imide groups is 1. The number of fused-ring (bicyclic) bond motifs is 1. The lowest BCUT2D eigenvalue weighted by Crippen LogP contribution is -2.45. The molecule has 2 atom stereocenters. The molecule has 0 spiro atoms. The number of carbonyl (C=O) groups excluding carboxylic acids is 3. The molecule has 90 valence electrons. The van der Waals surface area contributed by atoms with E-state index in [1.54, 1.807) is 0 Å². The smallest absolute Gasteiger partial charge is 0.232 e. The van der Waals surface area contributed by atoms with Crippen LogP contribution in [0.5, 0.6) is 0 Å². The van der Waals surface area contributed by atoms with E-state index in [1.165, 1.54) is 4.90 Å². The van der Waals surface area contributed by atoms with Crippen molar-refractivity contribution in [3.8, 4) is 0 Å². The van der Waals surface area contributed by atoms with Gasteiger partial charge >= 0.3 is 0 Å². The van der Waals surface area contributed by atoms with Crippen LogP contribution in [0.25, 0.3) is 10.4 Å². The highest BCUT2D eigenvalue weighted by Gasteiger charge is 2.45. The lowest BCUT2D eigenvalue weighted by molar-refractivity contribution is -0.135. The second-order valence-corrected chi connectivity index (χ2v) is 4.08. The first-order chi connectivity index (χ1) is 8.13. The Morgan fingerprint density at radius 3 is 2.88 bits per heavy atom. The Morgan fingerprint density at radius 2 is 2.18 bits per heavy atom. The van der Waals surface area contributed by atoms with E-state index in [0.717, 1.165) is 0 Å². The van der Waals surface area contributed by atoms with Crippen LogP contribution in [0.2, 0.25) is 0 Å². The zero-order valence-electron chi connectivity index (χ0n) is 9.00.